The van der Waals surface area contributed by atoms with Crippen LogP contribution in [0.1, 0.15) is 24.2 Å². The molecule has 1 fully saturated rings. The molecule has 0 aliphatic carbocycles. The molecule has 3 N–H and O–H groups in total. The van der Waals surface area contributed by atoms with Gasteiger partial charge in [0.15, 0.2) is 0 Å². The number of carbonyl (C=O) groups excluding carboxylic acids is 1. The molecule has 2 atom stereocenters. The van der Waals surface area contributed by atoms with E-state index in [2.05, 4.69) is 24.1 Å². The van der Waals surface area contributed by atoms with Crippen LogP contribution in [0.3, 0.4) is 0 Å². The van der Waals surface area contributed by atoms with E-state index in [1.807, 2.05) is 35.2 Å². The van der Waals surface area contributed by atoms with Crippen LogP contribution < -0.4 is 11.1 Å². The third-order valence-electron chi connectivity index (χ3n) is 4.10. The van der Waals surface area contributed by atoms with Gasteiger partial charge in [-0.2, -0.15) is 0 Å². The summed E-state index contributed by atoms with van der Waals surface area (Å²) in [6.45, 7) is 5.69. The summed E-state index contributed by atoms with van der Waals surface area (Å²) in [4.78, 5) is 18.7. The maximum absolute atomic E-state index is 12.7. The minimum atomic E-state index is 0.0900. The van der Waals surface area contributed by atoms with Crippen molar-refractivity contribution in [2.45, 2.75) is 25.9 Å². The summed E-state index contributed by atoms with van der Waals surface area (Å²) in [7, 11) is 0. The lowest BCUT2D eigenvalue weighted by Crippen LogP contribution is -2.55. The number of benzene rings is 1. The van der Waals surface area contributed by atoms with E-state index in [0.29, 0.717) is 17.9 Å². The van der Waals surface area contributed by atoms with Gasteiger partial charge in [-0.3, -0.25) is 4.79 Å². The van der Waals surface area contributed by atoms with Crippen LogP contribution in [0.2, 0.25) is 0 Å². The Balaban J connectivity index is 1.76. The van der Waals surface area contributed by atoms with Crippen molar-refractivity contribution >= 4 is 11.7 Å². The van der Waals surface area contributed by atoms with Gasteiger partial charge in [0.25, 0.3) is 5.91 Å². The van der Waals surface area contributed by atoms with Crippen LogP contribution in [-0.2, 0) is 0 Å². The van der Waals surface area contributed by atoms with Crippen molar-refractivity contribution in [2.75, 3.05) is 18.8 Å². The lowest BCUT2D eigenvalue weighted by Gasteiger charge is -2.36. The number of nitrogens with one attached hydrogen (secondary N) is 1. The fraction of sp³-hybridized carbons (Fsp3) is 0.333. The molecule has 2 aromatic rings. The van der Waals surface area contributed by atoms with Gasteiger partial charge in [0.1, 0.15) is 5.82 Å². The van der Waals surface area contributed by atoms with Crippen molar-refractivity contribution in [3.05, 3.63) is 48.2 Å². The number of hydrogen-bond donors (Lipinski definition) is 2. The number of rotatable bonds is 2. The molecular formula is C18H22N4O. The Hall–Kier alpha value is -2.40. The molecule has 1 amide bonds. The van der Waals surface area contributed by atoms with E-state index in [1.165, 1.54) is 0 Å². The molecule has 5 nitrogen and oxygen atoms in total. The highest BCUT2D eigenvalue weighted by Crippen LogP contribution is 2.20. The molecule has 1 aromatic heterocycles. The molecular weight excluding hydrogens is 288 g/mol. The summed E-state index contributed by atoms with van der Waals surface area (Å²) in [6, 6.07) is 12.0. The Morgan fingerprint density at radius 2 is 1.70 bits per heavy atom. The Bertz CT molecular complexity index is 671. The molecule has 1 aliphatic heterocycles. The largest absolute Gasteiger partial charge is 0.384 e. The molecule has 5 heteroatoms. The first kappa shape index (κ1) is 15.5. The SMILES string of the molecule is CC1CN(C(=O)c2ccc(-c3ccc(N)nc3)cc2)CC(C)N1. The maximum atomic E-state index is 12.7. The molecule has 0 spiro atoms. The Morgan fingerprint density at radius 3 is 2.26 bits per heavy atom. The quantitative estimate of drug-likeness (QED) is 0.891. The van der Waals surface area contributed by atoms with Crippen molar-refractivity contribution in [2.24, 2.45) is 0 Å². The number of hydrogen-bond acceptors (Lipinski definition) is 4. The number of carbonyl (C=O) groups is 1. The van der Waals surface area contributed by atoms with Gasteiger partial charge in [0, 0.05) is 42.5 Å². The lowest BCUT2D eigenvalue weighted by molar-refractivity contribution is 0.0674. The van der Waals surface area contributed by atoms with Crippen LogP contribution in [0.5, 0.6) is 0 Å². The van der Waals surface area contributed by atoms with Gasteiger partial charge >= 0.3 is 0 Å². The van der Waals surface area contributed by atoms with E-state index >= 15 is 0 Å². The van der Waals surface area contributed by atoms with Crippen LogP contribution in [0.4, 0.5) is 5.82 Å². The average molecular weight is 310 g/mol. The number of nitrogens with zero attached hydrogens (tertiary/aromatic N) is 2. The number of aromatic nitrogens is 1. The summed E-state index contributed by atoms with van der Waals surface area (Å²) < 4.78 is 0. The smallest absolute Gasteiger partial charge is 0.253 e. The van der Waals surface area contributed by atoms with E-state index in [-0.39, 0.29) is 5.91 Å². The minimum absolute atomic E-state index is 0.0900. The summed E-state index contributed by atoms with van der Waals surface area (Å²) in [5, 5.41) is 3.44. The fourth-order valence-electron chi connectivity index (χ4n) is 3.06. The molecule has 1 saturated heterocycles. The van der Waals surface area contributed by atoms with Crippen LogP contribution >= 0.6 is 0 Å². The molecule has 0 radical (unpaired) electrons. The van der Waals surface area contributed by atoms with Gasteiger partial charge in [-0.05, 0) is 43.7 Å². The highest BCUT2D eigenvalue weighted by molar-refractivity contribution is 5.94. The first-order valence-corrected chi connectivity index (χ1v) is 7.90. The van der Waals surface area contributed by atoms with Gasteiger partial charge in [0.05, 0.1) is 0 Å². The van der Waals surface area contributed by atoms with E-state index in [0.717, 1.165) is 29.8 Å². The van der Waals surface area contributed by atoms with Crippen molar-refractivity contribution in [1.29, 1.82) is 0 Å². The highest BCUT2D eigenvalue weighted by atomic mass is 16.2. The molecule has 2 unspecified atom stereocenters. The van der Waals surface area contributed by atoms with E-state index in [4.69, 9.17) is 5.73 Å². The highest BCUT2D eigenvalue weighted by Gasteiger charge is 2.25. The van der Waals surface area contributed by atoms with Crippen LogP contribution in [0.15, 0.2) is 42.6 Å². The average Bonchev–Trinajstić information content (AvgIpc) is 2.54. The third-order valence-corrected chi connectivity index (χ3v) is 4.10. The van der Waals surface area contributed by atoms with Gasteiger partial charge in [-0.25, -0.2) is 4.98 Å². The fourth-order valence-corrected chi connectivity index (χ4v) is 3.06. The Labute approximate surface area is 136 Å². The minimum Gasteiger partial charge on any atom is -0.384 e. The predicted octanol–water partition coefficient (Wildman–Crippen LogP) is 2.15. The molecule has 1 aromatic carbocycles. The molecule has 2 heterocycles. The monoisotopic (exact) mass is 310 g/mol. The first-order valence-electron chi connectivity index (χ1n) is 7.90. The van der Waals surface area contributed by atoms with Gasteiger partial charge in [0.2, 0.25) is 0 Å². The molecule has 23 heavy (non-hydrogen) atoms. The molecule has 120 valence electrons. The van der Waals surface area contributed by atoms with Crippen molar-refractivity contribution < 1.29 is 4.79 Å². The van der Waals surface area contributed by atoms with Gasteiger partial charge < -0.3 is 16.0 Å². The second-order valence-corrected chi connectivity index (χ2v) is 6.23. The van der Waals surface area contributed by atoms with E-state index in [1.54, 1.807) is 12.3 Å². The Morgan fingerprint density at radius 1 is 1.09 bits per heavy atom. The number of piperazine rings is 1. The number of nitrogen functional groups attached to an aromatic ring is 1. The molecule has 1 aliphatic rings. The summed E-state index contributed by atoms with van der Waals surface area (Å²) >= 11 is 0. The van der Waals surface area contributed by atoms with Crippen molar-refractivity contribution in [3.8, 4) is 11.1 Å². The van der Waals surface area contributed by atoms with Crippen LogP contribution in [-0.4, -0.2) is 41.0 Å². The van der Waals surface area contributed by atoms with E-state index in [9.17, 15) is 4.79 Å². The molecule has 0 saturated carbocycles. The summed E-state index contributed by atoms with van der Waals surface area (Å²) in [5.41, 5.74) is 8.34. The summed E-state index contributed by atoms with van der Waals surface area (Å²) in [5.74, 6) is 0.592. The lowest BCUT2D eigenvalue weighted by atomic mass is 10.0. The topological polar surface area (TPSA) is 71.2 Å². The third kappa shape index (κ3) is 3.51. The standard InChI is InChI=1S/C18H22N4O/c1-12-10-22(11-13(2)21-12)18(23)15-5-3-14(4-6-15)16-7-8-17(19)20-9-16/h3-9,12-13,21H,10-11H2,1-2H3,(H2,19,20). The van der Waals surface area contributed by atoms with Gasteiger partial charge in [-0.1, -0.05) is 12.1 Å². The second-order valence-electron chi connectivity index (χ2n) is 6.23. The number of amides is 1. The number of pyridine rings is 1. The zero-order valence-corrected chi connectivity index (χ0v) is 13.5. The predicted molar refractivity (Wildman–Crippen MR) is 92.0 cm³/mol. The van der Waals surface area contributed by atoms with Crippen molar-refractivity contribution in [1.82, 2.24) is 15.2 Å². The normalized spacial score (nSPS) is 21.2. The first-order chi connectivity index (χ1) is 11.0. The van der Waals surface area contributed by atoms with Gasteiger partial charge in [-0.15, -0.1) is 0 Å². The Kier molecular flexibility index (Phi) is 4.30. The molecule has 3 rings (SSSR count). The van der Waals surface area contributed by atoms with Crippen LogP contribution in [0.25, 0.3) is 11.1 Å². The zero-order valence-electron chi connectivity index (χ0n) is 13.5. The summed E-state index contributed by atoms with van der Waals surface area (Å²) in [6.07, 6.45) is 1.74. The van der Waals surface area contributed by atoms with Crippen molar-refractivity contribution in [3.63, 3.8) is 0 Å². The number of anilines is 1. The number of nitrogens with two attached hydrogens (primary N) is 1. The second kappa shape index (κ2) is 6.38. The zero-order chi connectivity index (χ0) is 16.4. The van der Waals surface area contributed by atoms with E-state index < -0.39 is 0 Å². The molecule has 0 bridgehead atoms. The van der Waals surface area contributed by atoms with Crippen LogP contribution in [0, 0.1) is 0 Å². The maximum Gasteiger partial charge on any atom is 0.253 e.